The largest absolute Gasteiger partial charge is 0.457 e. The van der Waals surface area contributed by atoms with Crippen molar-refractivity contribution in [1.82, 2.24) is 4.98 Å². The Bertz CT molecular complexity index is 717. The highest BCUT2D eigenvalue weighted by atomic mass is 35.5. The molecule has 0 fully saturated rings. The molecule has 1 amide bonds. The zero-order valence-corrected chi connectivity index (χ0v) is 11.9. The first-order valence-corrected chi connectivity index (χ1v) is 6.38. The summed E-state index contributed by atoms with van der Waals surface area (Å²) in [6.45, 7) is -0.682. The summed E-state index contributed by atoms with van der Waals surface area (Å²) in [7, 11) is 0. The SMILES string of the molecule is O=C(COC(=O)c1ccco1)Nc1ncc(C(F)(F)F)cc1Cl. The number of ether oxygens (including phenoxy) is 1. The van der Waals surface area contributed by atoms with Crippen molar-refractivity contribution in [2.45, 2.75) is 6.18 Å². The quantitative estimate of drug-likeness (QED) is 0.858. The van der Waals surface area contributed by atoms with Crippen LogP contribution in [0.15, 0.2) is 35.1 Å². The molecule has 6 nitrogen and oxygen atoms in total. The van der Waals surface area contributed by atoms with E-state index < -0.39 is 35.2 Å². The fourth-order valence-corrected chi connectivity index (χ4v) is 1.66. The van der Waals surface area contributed by atoms with Gasteiger partial charge in [-0.15, -0.1) is 0 Å². The molecule has 0 aliphatic rings. The summed E-state index contributed by atoms with van der Waals surface area (Å²) in [5.74, 6) is -2.06. The van der Waals surface area contributed by atoms with Crippen LogP contribution < -0.4 is 5.32 Å². The number of aromatic nitrogens is 1. The maximum absolute atomic E-state index is 12.5. The number of nitrogens with one attached hydrogen (secondary N) is 1. The summed E-state index contributed by atoms with van der Waals surface area (Å²) in [6, 6.07) is 3.43. The van der Waals surface area contributed by atoms with Crippen LogP contribution in [0.1, 0.15) is 16.1 Å². The summed E-state index contributed by atoms with van der Waals surface area (Å²) >= 11 is 5.62. The lowest BCUT2D eigenvalue weighted by Crippen LogP contribution is -2.21. The molecule has 1 N–H and O–H groups in total. The molecular formula is C13H8ClF3N2O4. The van der Waals surface area contributed by atoms with Crippen molar-refractivity contribution < 1.29 is 31.9 Å². The molecule has 10 heteroatoms. The number of amides is 1. The summed E-state index contributed by atoms with van der Waals surface area (Å²) in [4.78, 5) is 26.4. The van der Waals surface area contributed by atoms with Crippen molar-refractivity contribution in [2.24, 2.45) is 0 Å². The van der Waals surface area contributed by atoms with E-state index in [9.17, 15) is 22.8 Å². The molecule has 23 heavy (non-hydrogen) atoms. The fraction of sp³-hybridized carbons (Fsp3) is 0.154. The van der Waals surface area contributed by atoms with Crippen molar-refractivity contribution >= 4 is 29.3 Å². The number of carbonyl (C=O) groups excluding carboxylic acids is 2. The molecule has 2 aromatic rings. The molecule has 0 radical (unpaired) electrons. The van der Waals surface area contributed by atoms with Crippen molar-refractivity contribution in [1.29, 1.82) is 0 Å². The average Bonchev–Trinajstić information content (AvgIpc) is 3.00. The van der Waals surface area contributed by atoms with Crippen LogP contribution in [0.25, 0.3) is 0 Å². The Balaban J connectivity index is 1.94. The maximum Gasteiger partial charge on any atom is 0.417 e. The van der Waals surface area contributed by atoms with E-state index in [1.165, 1.54) is 18.4 Å². The predicted molar refractivity (Wildman–Crippen MR) is 71.9 cm³/mol. The molecule has 0 saturated carbocycles. The van der Waals surface area contributed by atoms with E-state index in [1.807, 2.05) is 0 Å². The number of hydrogen-bond donors (Lipinski definition) is 1. The lowest BCUT2D eigenvalue weighted by atomic mass is 10.3. The monoisotopic (exact) mass is 348 g/mol. The van der Waals surface area contributed by atoms with Crippen LogP contribution >= 0.6 is 11.6 Å². The Kier molecular flexibility index (Phi) is 4.89. The Labute approximate surface area is 132 Å². The van der Waals surface area contributed by atoms with Gasteiger partial charge in [-0.1, -0.05) is 11.6 Å². The van der Waals surface area contributed by atoms with Gasteiger partial charge in [0.1, 0.15) is 0 Å². The second kappa shape index (κ2) is 6.69. The van der Waals surface area contributed by atoms with Crippen LogP contribution in [0, 0.1) is 0 Å². The average molecular weight is 349 g/mol. The number of nitrogens with zero attached hydrogens (tertiary/aromatic N) is 1. The van der Waals surface area contributed by atoms with Crippen molar-refractivity contribution in [3.63, 3.8) is 0 Å². The van der Waals surface area contributed by atoms with E-state index in [0.29, 0.717) is 12.3 Å². The molecule has 0 unspecified atom stereocenters. The highest BCUT2D eigenvalue weighted by molar-refractivity contribution is 6.33. The lowest BCUT2D eigenvalue weighted by molar-refractivity contribution is -0.137. The molecule has 0 spiro atoms. The van der Waals surface area contributed by atoms with Gasteiger partial charge >= 0.3 is 12.1 Å². The van der Waals surface area contributed by atoms with Gasteiger partial charge in [-0.3, -0.25) is 4.79 Å². The van der Waals surface area contributed by atoms with Crippen LogP contribution in [-0.2, 0) is 15.7 Å². The Morgan fingerprint density at radius 1 is 1.39 bits per heavy atom. The van der Waals surface area contributed by atoms with Crippen LogP contribution in [-0.4, -0.2) is 23.5 Å². The Morgan fingerprint density at radius 2 is 2.13 bits per heavy atom. The van der Waals surface area contributed by atoms with E-state index in [0.717, 1.165) is 0 Å². The zero-order valence-electron chi connectivity index (χ0n) is 11.2. The molecule has 2 aromatic heterocycles. The highest BCUT2D eigenvalue weighted by Crippen LogP contribution is 2.32. The first kappa shape index (κ1) is 16.8. The summed E-state index contributed by atoms with van der Waals surface area (Å²) in [6.07, 6.45) is -2.82. The number of halogens is 4. The molecule has 0 aliphatic carbocycles. The number of hydrogen-bond acceptors (Lipinski definition) is 5. The van der Waals surface area contributed by atoms with Gasteiger partial charge in [-0.05, 0) is 18.2 Å². The van der Waals surface area contributed by atoms with Gasteiger partial charge in [0, 0.05) is 6.20 Å². The topological polar surface area (TPSA) is 81.4 Å². The number of anilines is 1. The molecule has 2 heterocycles. The van der Waals surface area contributed by atoms with Gasteiger partial charge < -0.3 is 14.5 Å². The van der Waals surface area contributed by atoms with Gasteiger partial charge in [0.15, 0.2) is 12.4 Å². The van der Waals surface area contributed by atoms with E-state index in [1.54, 1.807) is 0 Å². The van der Waals surface area contributed by atoms with Crippen molar-refractivity contribution in [2.75, 3.05) is 11.9 Å². The van der Waals surface area contributed by atoms with Crippen LogP contribution in [0.4, 0.5) is 19.0 Å². The zero-order chi connectivity index (χ0) is 17.0. The van der Waals surface area contributed by atoms with Gasteiger partial charge in [0.25, 0.3) is 5.91 Å². The highest BCUT2D eigenvalue weighted by Gasteiger charge is 2.31. The Hall–Kier alpha value is -2.55. The van der Waals surface area contributed by atoms with Gasteiger partial charge in [0.05, 0.1) is 16.8 Å². The molecule has 0 aliphatic heterocycles. The third-order valence-electron chi connectivity index (χ3n) is 2.48. The van der Waals surface area contributed by atoms with E-state index in [-0.39, 0.29) is 11.6 Å². The number of furan rings is 1. The van der Waals surface area contributed by atoms with Gasteiger partial charge in [0.2, 0.25) is 5.76 Å². The first-order valence-electron chi connectivity index (χ1n) is 6.00. The minimum Gasteiger partial charge on any atom is -0.457 e. The fourth-order valence-electron chi connectivity index (χ4n) is 1.45. The first-order chi connectivity index (χ1) is 10.8. The molecule has 0 bridgehead atoms. The van der Waals surface area contributed by atoms with Gasteiger partial charge in [-0.25, -0.2) is 9.78 Å². The lowest BCUT2D eigenvalue weighted by Gasteiger charge is -2.10. The van der Waals surface area contributed by atoms with Gasteiger partial charge in [-0.2, -0.15) is 13.2 Å². The minimum atomic E-state index is -4.60. The number of alkyl halides is 3. The van der Waals surface area contributed by atoms with Crippen molar-refractivity contribution in [3.05, 3.63) is 47.0 Å². The summed E-state index contributed by atoms with van der Waals surface area (Å²) < 4.78 is 46.8. The predicted octanol–water partition coefficient (Wildman–Crippen LogP) is 3.14. The number of rotatable bonds is 4. The molecule has 122 valence electrons. The number of pyridine rings is 1. The third-order valence-corrected chi connectivity index (χ3v) is 2.77. The summed E-state index contributed by atoms with van der Waals surface area (Å²) in [5.41, 5.74) is -1.05. The molecule has 0 aromatic carbocycles. The molecule has 2 rings (SSSR count). The summed E-state index contributed by atoms with van der Waals surface area (Å²) in [5, 5.41) is 1.73. The number of carbonyl (C=O) groups is 2. The van der Waals surface area contributed by atoms with E-state index >= 15 is 0 Å². The van der Waals surface area contributed by atoms with E-state index in [2.05, 4.69) is 15.0 Å². The second-order valence-corrected chi connectivity index (χ2v) is 4.56. The third kappa shape index (κ3) is 4.46. The van der Waals surface area contributed by atoms with Crippen molar-refractivity contribution in [3.8, 4) is 0 Å². The molecular weight excluding hydrogens is 341 g/mol. The number of esters is 1. The van der Waals surface area contributed by atoms with Crippen LogP contribution in [0.2, 0.25) is 5.02 Å². The van der Waals surface area contributed by atoms with E-state index in [4.69, 9.17) is 16.0 Å². The normalized spacial score (nSPS) is 11.1. The second-order valence-electron chi connectivity index (χ2n) is 4.15. The Morgan fingerprint density at radius 3 is 2.70 bits per heavy atom. The van der Waals surface area contributed by atoms with Crippen LogP contribution in [0.3, 0.4) is 0 Å². The van der Waals surface area contributed by atoms with Crippen LogP contribution in [0.5, 0.6) is 0 Å². The maximum atomic E-state index is 12.5. The minimum absolute atomic E-state index is 0.0940. The molecule has 0 atom stereocenters. The smallest absolute Gasteiger partial charge is 0.417 e. The standard InChI is InChI=1S/C13H8ClF3N2O4/c14-8-4-7(13(15,16)17)5-18-11(8)19-10(20)6-23-12(21)9-2-1-3-22-9/h1-5H,6H2,(H,18,19,20). The molecule has 0 saturated heterocycles.